The lowest BCUT2D eigenvalue weighted by molar-refractivity contribution is -0.129. The normalized spacial score (nSPS) is 11.1. The summed E-state index contributed by atoms with van der Waals surface area (Å²) in [6.45, 7) is 0.484. The zero-order chi connectivity index (χ0) is 26.7. The Hall–Kier alpha value is -4.79. The third kappa shape index (κ3) is 7.36. The molecule has 38 heavy (non-hydrogen) atoms. The number of rotatable bonds is 9. The van der Waals surface area contributed by atoms with Gasteiger partial charge in [0, 0.05) is 11.1 Å². The molecule has 0 fully saturated rings. The minimum Gasteiger partial charge on any atom is -0.493 e. The van der Waals surface area contributed by atoms with Crippen LogP contribution < -0.4 is 14.2 Å². The molecule has 0 radical (unpaired) electrons. The quantitative estimate of drug-likeness (QED) is 0.0745. The van der Waals surface area contributed by atoms with E-state index >= 15 is 0 Å². The number of halogens is 1. The maximum atomic E-state index is 12.4. The van der Waals surface area contributed by atoms with Crippen LogP contribution in [-0.2, 0) is 11.4 Å². The molecule has 0 aliphatic heterocycles. The first-order valence-corrected chi connectivity index (χ1v) is 12.1. The smallest absolute Gasteiger partial charge is 0.336 e. The van der Waals surface area contributed by atoms with Crippen molar-refractivity contribution in [1.29, 1.82) is 5.26 Å². The summed E-state index contributed by atoms with van der Waals surface area (Å²) < 4.78 is 16.7. The van der Waals surface area contributed by atoms with Gasteiger partial charge in [-0.15, -0.1) is 0 Å². The molecule has 0 aromatic heterocycles. The second kappa shape index (κ2) is 13.0. The van der Waals surface area contributed by atoms with Gasteiger partial charge in [0.05, 0.1) is 18.8 Å². The van der Waals surface area contributed by atoms with Crippen LogP contribution in [0, 0.1) is 11.3 Å². The topological polar surface area (TPSA) is 68.5 Å². The fourth-order valence-corrected chi connectivity index (χ4v) is 3.68. The molecule has 0 atom stereocenters. The third-order valence-corrected chi connectivity index (χ3v) is 5.78. The van der Waals surface area contributed by atoms with Crippen LogP contribution in [0.15, 0.2) is 103 Å². The van der Waals surface area contributed by atoms with E-state index in [1.165, 1.54) is 13.2 Å². The number of nitriles is 1. The Labute approximate surface area is 226 Å². The van der Waals surface area contributed by atoms with Gasteiger partial charge in [-0.3, -0.25) is 0 Å². The lowest BCUT2D eigenvalue weighted by Gasteiger charge is -2.09. The fraction of sp³-hybridized carbons (Fsp3) is 0.0625. The summed E-state index contributed by atoms with van der Waals surface area (Å²) in [6.07, 6.45) is 4.74. The first kappa shape index (κ1) is 26.3. The van der Waals surface area contributed by atoms with E-state index in [9.17, 15) is 10.1 Å². The summed E-state index contributed by atoms with van der Waals surface area (Å²) in [5, 5.41) is 10.2. The highest BCUT2D eigenvalue weighted by molar-refractivity contribution is 6.30. The lowest BCUT2D eigenvalue weighted by atomic mass is 10.0. The number of methoxy groups -OCH3 is 1. The van der Waals surface area contributed by atoms with Gasteiger partial charge in [0.2, 0.25) is 0 Å². The van der Waals surface area contributed by atoms with Crippen LogP contribution in [0.3, 0.4) is 0 Å². The largest absolute Gasteiger partial charge is 0.493 e. The standard InChI is InChI=1S/C32H24ClNO4/c1-36-31-20-25(19-27(21-34)26-11-13-28(33)14-12-26)9-17-30(31)38-32(35)18-10-23-7-15-29(16-8-23)37-22-24-5-3-2-4-6-24/h2-20H,22H2,1H3/b18-10+,27-19+. The van der Waals surface area contributed by atoms with Crippen molar-refractivity contribution in [3.05, 3.63) is 130 Å². The van der Waals surface area contributed by atoms with Crippen LogP contribution >= 0.6 is 11.6 Å². The van der Waals surface area contributed by atoms with E-state index in [0.717, 1.165) is 28.0 Å². The highest BCUT2D eigenvalue weighted by Crippen LogP contribution is 2.30. The molecule has 4 aromatic rings. The zero-order valence-corrected chi connectivity index (χ0v) is 21.4. The fourth-order valence-electron chi connectivity index (χ4n) is 3.56. The van der Waals surface area contributed by atoms with Crippen molar-refractivity contribution >= 4 is 35.3 Å². The monoisotopic (exact) mass is 521 g/mol. The van der Waals surface area contributed by atoms with Crippen LogP contribution in [0.2, 0.25) is 5.02 Å². The number of carbonyl (C=O) groups is 1. The Morgan fingerprint density at radius 2 is 1.61 bits per heavy atom. The summed E-state index contributed by atoms with van der Waals surface area (Å²) in [6, 6.07) is 31.6. The van der Waals surface area contributed by atoms with E-state index in [1.54, 1.807) is 54.6 Å². The molecule has 0 N–H and O–H groups in total. The Kier molecular flexibility index (Phi) is 8.96. The lowest BCUT2D eigenvalue weighted by Crippen LogP contribution is -2.05. The van der Waals surface area contributed by atoms with Crippen LogP contribution in [0.5, 0.6) is 17.2 Å². The Morgan fingerprint density at radius 1 is 0.895 bits per heavy atom. The van der Waals surface area contributed by atoms with Gasteiger partial charge in [-0.2, -0.15) is 5.26 Å². The summed E-state index contributed by atoms with van der Waals surface area (Å²) in [5.74, 6) is 0.834. The summed E-state index contributed by atoms with van der Waals surface area (Å²) in [7, 11) is 1.49. The molecule has 4 rings (SSSR count). The predicted molar refractivity (Wildman–Crippen MR) is 150 cm³/mol. The molecule has 0 amide bonds. The summed E-state index contributed by atoms with van der Waals surface area (Å²) >= 11 is 5.94. The molecule has 0 unspecified atom stereocenters. The van der Waals surface area contributed by atoms with Crippen molar-refractivity contribution in [2.45, 2.75) is 6.61 Å². The van der Waals surface area contributed by atoms with Crippen molar-refractivity contribution in [3.8, 4) is 23.3 Å². The maximum absolute atomic E-state index is 12.4. The first-order valence-electron chi connectivity index (χ1n) is 11.8. The SMILES string of the molecule is COc1cc(/C=C(\C#N)c2ccc(Cl)cc2)ccc1OC(=O)/C=C/c1ccc(OCc2ccccc2)cc1. The third-order valence-electron chi connectivity index (χ3n) is 5.53. The molecule has 0 bridgehead atoms. The van der Waals surface area contributed by atoms with E-state index in [4.69, 9.17) is 25.8 Å². The number of allylic oxidation sites excluding steroid dienone is 1. The molecular weight excluding hydrogens is 498 g/mol. The van der Waals surface area contributed by atoms with Gasteiger partial charge in [-0.25, -0.2) is 4.79 Å². The summed E-state index contributed by atoms with van der Waals surface area (Å²) in [5.41, 5.74) is 3.84. The van der Waals surface area contributed by atoms with Gasteiger partial charge < -0.3 is 14.2 Å². The van der Waals surface area contributed by atoms with Crippen molar-refractivity contribution < 1.29 is 19.0 Å². The average molecular weight is 522 g/mol. The predicted octanol–water partition coefficient (Wildman–Crippen LogP) is 7.61. The van der Waals surface area contributed by atoms with E-state index in [2.05, 4.69) is 6.07 Å². The minimum atomic E-state index is -0.546. The van der Waals surface area contributed by atoms with Gasteiger partial charge in [0.25, 0.3) is 0 Å². The Morgan fingerprint density at radius 3 is 2.29 bits per heavy atom. The van der Waals surface area contributed by atoms with E-state index in [1.807, 2.05) is 54.6 Å². The highest BCUT2D eigenvalue weighted by atomic mass is 35.5. The molecule has 188 valence electrons. The number of ether oxygens (including phenoxy) is 3. The number of nitrogens with zero attached hydrogens (tertiary/aromatic N) is 1. The number of esters is 1. The van der Waals surface area contributed by atoms with Crippen molar-refractivity contribution in [2.75, 3.05) is 7.11 Å². The number of carbonyl (C=O) groups excluding carboxylic acids is 1. The zero-order valence-electron chi connectivity index (χ0n) is 20.6. The molecule has 0 saturated heterocycles. The van der Waals surface area contributed by atoms with Gasteiger partial charge in [-0.05, 0) is 70.8 Å². The van der Waals surface area contributed by atoms with Gasteiger partial charge in [0.1, 0.15) is 12.4 Å². The number of hydrogen-bond donors (Lipinski definition) is 0. The van der Waals surface area contributed by atoms with Crippen LogP contribution in [-0.4, -0.2) is 13.1 Å². The second-order valence-corrected chi connectivity index (χ2v) is 8.62. The molecule has 6 heteroatoms. The van der Waals surface area contributed by atoms with Gasteiger partial charge in [0.15, 0.2) is 11.5 Å². The Bertz CT molecular complexity index is 1490. The van der Waals surface area contributed by atoms with Crippen LogP contribution in [0.1, 0.15) is 22.3 Å². The molecular formula is C32H24ClNO4. The van der Waals surface area contributed by atoms with E-state index < -0.39 is 5.97 Å². The number of benzene rings is 4. The molecule has 0 heterocycles. The molecule has 0 aliphatic carbocycles. The minimum absolute atomic E-state index is 0.272. The maximum Gasteiger partial charge on any atom is 0.336 e. The first-order chi connectivity index (χ1) is 18.5. The number of hydrogen-bond acceptors (Lipinski definition) is 5. The molecule has 0 spiro atoms. The molecule has 0 aliphatic rings. The molecule has 0 saturated carbocycles. The molecule has 4 aromatic carbocycles. The van der Waals surface area contributed by atoms with Crippen LogP contribution in [0.25, 0.3) is 17.7 Å². The highest BCUT2D eigenvalue weighted by Gasteiger charge is 2.10. The van der Waals surface area contributed by atoms with Crippen LogP contribution in [0.4, 0.5) is 0 Å². The Balaban J connectivity index is 1.38. The van der Waals surface area contributed by atoms with Gasteiger partial charge >= 0.3 is 5.97 Å². The van der Waals surface area contributed by atoms with Crippen molar-refractivity contribution in [2.24, 2.45) is 0 Å². The van der Waals surface area contributed by atoms with E-state index in [0.29, 0.717) is 23.0 Å². The van der Waals surface area contributed by atoms with Crippen molar-refractivity contribution in [1.82, 2.24) is 0 Å². The van der Waals surface area contributed by atoms with Gasteiger partial charge in [-0.1, -0.05) is 72.3 Å². The van der Waals surface area contributed by atoms with E-state index in [-0.39, 0.29) is 5.75 Å². The molecule has 5 nitrogen and oxygen atoms in total. The summed E-state index contributed by atoms with van der Waals surface area (Å²) in [4.78, 5) is 12.4. The average Bonchev–Trinajstić information content (AvgIpc) is 2.96. The van der Waals surface area contributed by atoms with Crippen molar-refractivity contribution in [3.63, 3.8) is 0 Å². The second-order valence-electron chi connectivity index (χ2n) is 8.18.